The molecule has 0 aromatic carbocycles. The second-order valence-electron chi connectivity index (χ2n) is 6.18. The van der Waals surface area contributed by atoms with Crippen molar-refractivity contribution in [1.29, 1.82) is 0 Å². The molecule has 0 aliphatic rings. The van der Waals surface area contributed by atoms with E-state index in [1.165, 1.54) is 30.2 Å². The number of nitrogens with one attached hydrogen (secondary N) is 1. The number of amides is 1. The van der Waals surface area contributed by atoms with E-state index < -0.39 is 5.97 Å². The van der Waals surface area contributed by atoms with E-state index in [1.54, 1.807) is 18.4 Å². The number of esters is 1. The Morgan fingerprint density at radius 2 is 2.18 bits per heavy atom. The summed E-state index contributed by atoms with van der Waals surface area (Å²) in [5.74, 6) is 0.643. The predicted octanol–water partition coefficient (Wildman–Crippen LogP) is 4.01. The second kappa shape index (κ2) is 8.61. The molecule has 8 nitrogen and oxygen atoms in total. The topological polar surface area (TPSA) is 99.2 Å². The van der Waals surface area contributed by atoms with E-state index in [-0.39, 0.29) is 17.7 Å². The zero-order chi connectivity index (χ0) is 20.3. The Hall–Kier alpha value is -2.59. The van der Waals surface area contributed by atoms with E-state index in [0.717, 1.165) is 4.88 Å². The second-order valence-corrected chi connectivity index (χ2v) is 8.37. The van der Waals surface area contributed by atoms with Crippen molar-refractivity contribution in [3.63, 3.8) is 0 Å². The van der Waals surface area contributed by atoms with Crippen LogP contribution in [0.1, 0.15) is 35.1 Å². The molecule has 0 spiro atoms. The van der Waals surface area contributed by atoms with Crippen LogP contribution in [0.25, 0.3) is 11.6 Å². The van der Waals surface area contributed by atoms with Gasteiger partial charge in [0.25, 0.3) is 0 Å². The van der Waals surface area contributed by atoms with Crippen LogP contribution in [0, 0.1) is 6.92 Å². The van der Waals surface area contributed by atoms with Crippen molar-refractivity contribution in [3.8, 4) is 11.6 Å². The highest BCUT2D eigenvalue weighted by molar-refractivity contribution is 7.99. The molecule has 28 heavy (non-hydrogen) atoms. The third-order valence-corrected chi connectivity index (χ3v) is 5.68. The lowest BCUT2D eigenvalue weighted by Gasteiger charge is -2.12. The molecular formula is C18H20N4O4S2. The number of nitrogens with zero attached hydrogens (tertiary/aromatic N) is 3. The van der Waals surface area contributed by atoms with Gasteiger partial charge in [0.15, 0.2) is 10.9 Å². The summed E-state index contributed by atoms with van der Waals surface area (Å²) in [7, 11) is 1.31. The van der Waals surface area contributed by atoms with Crippen molar-refractivity contribution in [2.75, 3.05) is 18.2 Å². The first-order chi connectivity index (χ1) is 13.4. The zero-order valence-electron chi connectivity index (χ0n) is 15.9. The molecule has 3 aromatic rings. The van der Waals surface area contributed by atoms with Gasteiger partial charge in [0.1, 0.15) is 5.00 Å². The first-order valence-electron chi connectivity index (χ1n) is 8.51. The third-order valence-electron chi connectivity index (χ3n) is 3.77. The Morgan fingerprint density at radius 3 is 2.82 bits per heavy atom. The van der Waals surface area contributed by atoms with Crippen molar-refractivity contribution < 1.29 is 18.7 Å². The van der Waals surface area contributed by atoms with Gasteiger partial charge in [-0.1, -0.05) is 11.8 Å². The number of methoxy groups -OCH3 is 1. The van der Waals surface area contributed by atoms with Gasteiger partial charge in [-0.25, -0.2) is 4.79 Å². The number of aryl methyl sites for hydroxylation is 1. The van der Waals surface area contributed by atoms with Gasteiger partial charge >= 0.3 is 5.97 Å². The largest absolute Gasteiger partial charge is 0.465 e. The molecule has 0 saturated heterocycles. The Labute approximate surface area is 170 Å². The minimum atomic E-state index is -0.477. The van der Waals surface area contributed by atoms with Crippen molar-refractivity contribution in [1.82, 2.24) is 14.8 Å². The van der Waals surface area contributed by atoms with Gasteiger partial charge in [-0.3, -0.25) is 9.36 Å². The van der Waals surface area contributed by atoms with Gasteiger partial charge in [0.2, 0.25) is 11.7 Å². The van der Waals surface area contributed by atoms with Gasteiger partial charge in [-0.2, -0.15) is 0 Å². The Bertz CT molecular complexity index is 976. The van der Waals surface area contributed by atoms with Crippen molar-refractivity contribution in [2.24, 2.45) is 0 Å². The van der Waals surface area contributed by atoms with Crippen LogP contribution in [0.5, 0.6) is 0 Å². The molecule has 1 amide bonds. The van der Waals surface area contributed by atoms with E-state index in [9.17, 15) is 9.59 Å². The molecule has 0 aliphatic heterocycles. The van der Waals surface area contributed by atoms with Gasteiger partial charge in [0, 0.05) is 10.9 Å². The summed E-state index contributed by atoms with van der Waals surface area (Å²) >= 11 is 2.60. The summed E-state index contributed by atoms with van der Waals surface area (Å²) in [6.07, 6.45) is 1.58. The number of thiophene rings is 1. The predicted molar refractivity (Wildman–Crippen MR) is 108 cm³/mol. The summed E-state index contributed by atoms with van der Waals surface area (Å²) in [4.78, 5) is 25.2. The van der Waals surface area contributed by atoms with Crippen LogP contribution >= 0.6 is 23.1 Å². The lowest BCUT2D eigenvalue weighted by atomic mass is 10.3. The minimum Gasteiger partial charge on any atom is -0.465 e. The number of hydrogen-bond acceptors (Lipinski definition) is 8. The molecule has 0 atom stereocenters. The van der Waals surface area contributed by atoms with Crippen LogP contribution in [0.15, 0.2) is 34.0 Å². The number of rotatable bonds is 7. The maximum atomic E-state index is 12.4. The number of carbonyl (C=O) groups excluding carboxylic acids is 2. The number of thioether (sulfide) groups is 1. The van der Waals surface area contributed by atoms with E-state index in [0.29, 0.717) is 27.3 Å². The quantitative estimate of drug-likeness (QED) is 0.455. The molecule has 0 saturated carbocycles. The number of furan rings is 1. The highest BCUT2D eigenvalue weighted by Gasteiger charge is 2.21. The van der Waals surface area contributed by atoms with Gasteiger partial charge < -0.3 is 14.5 Å². The van der Waals surface area contributed by atoms with E-state index in [2.05, 4.69) is 15.5 Å². The molecule has 0 bridgehead atoms. The van der Waals surface area contributed by atoms with E-state index >= 15 is 0 Å². The SMILES string of the molecule is COC(=O)c1cc(C)sc1NC(=O)CSc1nnc(-c2ccco2)n1C(C)C. The fraction of sp³-hybridized carbons (Fsp3) is 0.333. The van der Waals surface area contributed by atoms with Crippen LogP contribution < -0.4 is 5.32 Å². The number of aromatic nitrogens is 3. The number of hydrogen-bond donors (Lipinski definition) is 1. The summed E-state index contributed by atoms with van der Waals surface area (Å²) in [6, 6.07) is 5.39. The highest BCUT2D eigenvalue weighted by Crippen LogP contribution is 2.30. The number of anilines is 1. The lowest BCUT2D eigenvalue weighted by molar-refractivity contribution is -0.113. The molecule has 0 unspecified atom stereocenters. The maximum Gasteiger partial charge on any atom is 0.340 e. The van der Waals surface area contributed by atoms with Gasteiger partial charge in [-0.05, 0) is 39.0 Å². The zero-order valence-corrected chi connectivity index (χ0v) is 17.5. The normalized spacial score (nSPS) is 11.0. The van der Waals surface area contributed by atoms with Crippen molar-refractivity contribution in [2.45, 2.75) is 32.0 Å². The smallest absolute Gasteiger partial charge is 0.340 e. The minimum absolute atomic E-state index is 0.0894. The molecule has 3 heterocycles. The number of carbonyl (C=O) groups is 2. The van der Waals surface area contributed by atoms with Crippen LogP contribution in [0.2, 0.25) is 0 Å². The monoisotopic (exact) mass is 420 g/mol. The van der Waals surface area contributed by atoms with E-state index in [1.807, 2.05) is 31.4 Å². The summed E-state index contributed by atoms with van der Waals surface area (Å²) in [6.45, 7) is 5.89. The summed E-state index contributed by atoms with van der Waals surface area (Å²) in [5.41, 5.74) is 0.355. The van der Waals surface area contributed by atoms with Crippen LogP contribution in [0.3, 0.4) is 0 Å². The number of ether oxygens (including phenoxy) is 1. The standard InChI is InChI=1S/C18H20N4O4S2/c1-10(2)22-15(13-6-5-7-26-13)20-21-18(22)27-9-14(23)19-16-12(17(24)25-4)8-11(3)28-16/h5-8,10H,9H2,1-4H3,(H,19,23). The average Bonchev–Trinajstić information content (AvgIpc) is 3.38. The first kappa shape index (κ1) is 20.2. The lowest BCUT2D eigenvalue weighted by Crippen LogP contribution is -2.16. The Balaban J connectivity index is 1.71. The first-order valence-corrected chi connectivity index (χ1v) is 10.3. The van der Waals surface area contributed by atoms with Gasteiger partial charge in [-0.15, -0.1) is 21.5 Å². The summed E-state index contributed by atoms with van der Waals surface area (Å²) in [5, 5.41) is 12.3. The third kappa shape index (κ3) is 4.28. The molecule has 1 N–H and O–H groups in total. The fourth-order valence-electron chi connectivity index (χ4n) is 2.58. The molecule has 3 aromatic heterocycles. The molecule has 10 heteroatoms. The molecule has 0 aliphatic carbocycles. The fourth-order valence-corrected chi connectivity index (χ4v) is 4.36. The molecule has 148 valence electrons. The molecule has 0 radical (unpaired) electrons. The van der Waals surface area contributed by atoms with Crippen LogP contribution in [-0.4, -0.2) is 39.5 Å². The average molecular weight is 421 g/mol. The summed E-state index contributed by atoms with van der Waals surface area (Å²) < 4.78 is 12.1. The molecule has 3 rings (SSSR count). The molecular weight excluding hydrogens is 400 g/mol. The van der Waals surface area contributed by atoms with Crippen LogP contribution in [0.4, 0.5) is 5.00 Å². The van der Waals surface area contributed by atoms with Crippen molar-refractivity contribution in [3.05, 3.63) is 34.9 Å². The Kier molecular flexibility index (Phi) is 6.20. The molecule has 0 fully saturated rings. The van der Waals surface area contributed by atoms with E-state index in [4.69, 9.17) is 9.15 Å². The van der Waals surface area contributed by atoms with Crippen molar-refractivity contribution >= 4 is 40.0 Å². The Morgan fingerprint density at radius 1 is 1.39 bits per heavy atom. The highest BCUT2D eigenvalue weighted by atomic mass is 32.2. The van der Waals surface area contributed by atoms with Crippen LogP contribution in [-0.2, 0) is 9.53 Å². The maximum absolute atomic E-state index is 12.4. The van der Waals surface area contributed by atoms with Gasteiger partial charge in [0.05, 0.1) is 24.7 Å².